The molecular weight excluding hydrogens is 444 g/mol. The molecule has 0 aliphatic carbocycles. The summed E-state index contributed by atoms with van der Waals surface area (Å²) in [6, 6.07) is 3.87. The van der Waals surface area contributed by atoms with Crippen molar-refractivity contribution in [2.75, 3.05) is 6.54 Å². The minimum Gasteiger partial charge on any atom is -0.367 e. The highest BCUT2D eigenvalue weighted by Crippen LogP contribution is 2.28. The lowest BCUT2D eigenvalue weighted by atomic mass is 9.97. The summed E-state index contributed by atoms with van der Waals surface area (Å²) in [4.78, 5) is 24.2. The van der Waals surface area contributed by atoms with Crippen LogP contribution in [-0.4, -0.2) is 26.0 Å². The number of aryl methyl sites for hydroxylation is 1. The second-order valence-corrected chi connectivity index (χ2v) is 9.47. The second kappa shape index (κ2) is 12.5. The van der Waals surface area contributed by atoms with E-state index in [1.165, 1.54) is 28.1 Å². The maximum absolute atomic E-state index is 12.3. The molecule has 0 saturated heterocycles. The van der Waals surface area contributed by atoms with Gasteiger partial charge in [-0.1, -0.05) is 49.8 Å². The van der Waals surface area contributed by atoms with Gasteiger partial charge in [0.05, 0.1) is 0 Å². The van der Waals surface area contributed by atoms with E-state index >= 15 is 0 Å². The average molecular weight is 485 g/mol. The molecule has 0 radical (unpaired) electrons. The Kier molecular flexibility index (Phi) is 9.40. The van der Waals surface area contributed by atoms with Crippen LogP contribution in [0, 0.1) is 6.92 Å². The van der Waals surface area contributed by atoms with Gasteiger partial charge in [0.15, 0.2) is 0 Å². The minimum absolute atomic E-state index is 0.0396. The molecular formula is C31H40N4O. The molecule has 3 heterocycles. The van der Waals surface area contributed by atoms with Crippen molar-refractivity contribution in [3.63, 3.8) is 0 Å². The summed E-state index contributed by atoms with van der Waals surface area (Å²) < 4.78 is 1.60. The lowest BCUT2D eigenvalue weighted by Gasteiger charge is -2.33. The van der Waals surface area contributed by atoms with Crippen molar-refractivity contribution in [3.8, 4) is 0 Å². The van der Waals surface area contributed by atoms with Crippen molar-refractivity contribution < 1.29 is 0 Å². The molecule has 0 spiro atoms. The molecule has 0 bridgehead atoms. The standard InChI is InChI=1S/C31H40N4O/c1-8-11-13-25(16-22(4)10-3)26-19-27-21-35(15-14-28(27)32-20-26)29(12-9-2)23(5)17-30-33-24(6)18-31(36)34(30)7/h8,11-13,16-20H,9-10,14-15,21H2,1-7H3/b11-8-,22-16?,23-17-,25-13+,29-12-. The van der Waals surface area contributed by atoms with Crippen molar-refractivity contribution >= 4 is 11.6 Å². The number of hydrogen-bond acceptors (Lipinski definition) is 4. The molecule has 36 heavy (non-hydrogen) atoms. The molecule has 5 heteroatoms. The number of rotatable bonds is 8. The molecule has 0 unspecified atom stereocenters. The lowest BCUT2D eigenvalue weighted by molar-refractivity contribution is 0.324. The van der Waals surface area contributed by atoms with Crippen molar-refractivity contribution in [2.45, 2.75) is 67.3 Å². The highest BCUT2D eigenvalue weighted by Gasteiger charge is 2.21. The second-order valence-electron chi connectivity index (χ2n) is 9.47. The SMILES string of the molecule is C/C=C\C=C(/C=C(C)CC)c1cnc2c(c1)CN(C(=C\CC)/C(C)=C\c1nc(C)cc(=O)n1C)CC2. The van der Waals surface area contributed by atoms with Crippen molar-refractivity contribution in [3.05, 3.63) is 104 Å². The number of allylic oxidation sites excluding steroid dienone is 8. The van der Waals surface area contributed by atoms with Crippen LogP contribution in [-0.2, 0) is 20.0 Å². The van der Waals surface area contributed by atoms with Gasteiger partial charge in [-0.15, -0.1) is 0 Å². The highest BCUT2D eigenvalue weighted by molar-refractivity contribution is 5.76. The van der Waals surface area contributed by atoms with E-state index in [-0.39, 0.29) is 5.56 Å². The van der Waals surface area contributed by atoms with Gasteiger partial charge in [0.2, 0.25) is 0 Å². The fourth-order valence-corrected chi connectivity index (χ4v) is 4.39. The molecule has 0 saturated carbocycles. The first-order valence-corrected chi connectivity index (χ1v) is 12.9. The summed E-state index contributed by atoms with van der Waals surface area (Å²) in [5.74, 6) is 0.678. The predicted molar refractivity (Wildman–Crippen MR) is 151 cm³/mol. The van der Waals surface area contributed by atoms with Crippen LogP contribution in [0.25, 0.3) is 11.6 Å². The van der Waals surface area contributed by atoms with E-state index in [2.05, 4.69) is 74.0 Å². The summed E-state index contributed by atoms with van der Waals surface area (Å²) in [6.45, 7) is 14.2. The zero-order chi connectivity index (χ0) is 26.2. The van der Waals surface area contributed by atoms with Crippen molar-refractivity contribution in [1.29, 1.82) is 0 Å². The van der Waals surface area contributed by atoms with E-state index in [9.17, 15) is 4.79 Å². The maximum Gasteiger partial charge on any atom is 0.253 e. The molecule has 0 amide bonds. The van der Waals surface area contributed by atoms with Gasteiger partial charge in [-0.05, 0) is 69.4 Å². The minimum atomic E-state index is -0.0396. The third-order valence-corrected chi connectivity index (χ3v) is 6.59. The normalized spacial score (nSPS) is 15.6. The van der Waals surface area contributed by atoms with Gasteiger partial charge < -0.3 is 4.90 Å². The molecule has 2 aromatic rings. The molecule has 2 aromatic heterocycles. The number of pyridine rings is 1. The smallest absolute Gasteiger partial charge is 0.253 e. The average Bonchev–Trinajstić information content (AvgIpc) is 2.87. The fourth-order valence-electron chi connectivity index (χ4n) is 4.39. The zero-order valence-electron chi connectivity index (χ0n) is 22.9. The number of nitrogens with zero attached hydrogens (tertiary/aromatic N) is 4. The Bertz CT molecular complexity index is 1300. The number of hydrogen-bond donors (Lipinski definition) is 0. The van der Waals surface area contributed by atoms with Crippen LogP contribution < -0.4 is 5.56 Å². The Labute approximate surface area is 216 Å². The first-order chi connectivity index (χ1) is 17.3. The Morgan fingerprint density at radius 3 is 2.67 bits per heavy atom. The van der Waals surface area contributed by atoms with Gasteiger partial charge in [0, 0.05) is 61.5 Å². The lowest BCUT2D eigenvalue weighted by Crippen LogP contribution is -2.31. The van der Waals surface area contributed by atoms with Gasteiger partial charge in [-0.25, -0.2) is 4.98 Å². The van der Waals surface area contributed by atoms with Gasteiger partial charge in [0.25, 0.3) is 5.56 Å². The van der Waals surface area contributed by atoms with Gasteiger partial charge in [-0.3, -0.25) is 14.3 Å². The summed E-state index contributed by atoms with van der Waals surface area (Å²) in [7, 11) is 1.77. The van der Waals surface area contributed by atoms with Gasteiger partial charge in [-0.2, -0.15) is 0 Å². The monoisotopic (exact) mass is 484 g/mol. The topological polar surface area (TPSA) is 51.0 Å². The van der Waals surface area contributed by atoms with Crippen molar-refractivity contribution in [1.82, 2.24) is 19.4 Å². The van der Waals surface area contributed by atoms with E-state index in [1.807, 2.05) is 26.1 Å². The van der Waals surface area contributed by atoms with Gasteiger partial charge in [0.1, 0.15) is 5.82 Å². The van der Waals surface area contributed by atoms with E-state index in [4.69, 9.17) is 4.98 Å². The van der Waals surface area contributed by atoms with Crippen LogP contribution in [0.3, 0.4) is 0 Å². The van der Waals surface area contributed by atoms with Crippen molar-refractivity contribution in [2.24, 2.45) is 7.05 Å². The third kappa shape index (κ3) is 6.60. The molecule has 1 aliphatic rings. The number of fused-ring (bicyclic) bond motifs is 1. The Balaban J connectivity index is 1.96. The Morgan fingerprint density at radius 2 is 1.97 bits per heavy atom. The molecule has 1 aliphatic heterocycles. The first kappa shape index (κ1) is 27.1. The van der Waals surface area contributed by atoms with Crippen LogP contribution >= 0.6 is 0 Å². The van der Waals surface area contributed by atoms with E-state index < -0.39 is 0 Å². The third-order valence-electron chi connectivity index (χ3n) is 6.59. The maximum atomic E-state index is 12.3. The van der Waals surface area contributed by atoms with Crippen LogP contribution in [0.5, 0.6) is 0 Å². The molecule has 5 nitrogen and oxygen atoms in total. The van der Waals surface area contributed by atoms with Gasteiger partial charge >= 0.3 is 0 Å². The quantitative estimate of drug-likeness (QED) is 0.398. The molecule has 0 atom stereocenters. The van der Waals surface area contributed by atoms with E-state index in [0.717, 1.165) is 49.2 Å². The molecule has 190 valence electrons. The summed E-state index contributed by atoms with van der Waals surface area (Å²) in [5, 5.41) is 0. The van der Waals surface area contributed by atoms with E-state index in [1.54, 1.807) is 17.7 Å². The fraction of sp³-hybridized carbons (Fsp3) is 0.387. The summed E-state index contributed by atoms with van der Waals surface area (Å²) >= 11 is 0. The predicted octanol–water partition coefficient (Wildman–Crippen LogP) is 6.56. The van der Waals surface area contributed by atoms with Crippen LogP contribution in [0.2, 0.25) is 0 Å². The summed E-state index contributed by atoms with van der Waals surface area (Å²) in [6.07, 6.45) is 17.7. The number of aromatic nitrogens is 3. The van der Waals surface area contributed by atoms with Crippen LogP contribution in [0.1, 0.15) is 75.8 Å². The van der Waals surface area contributed by atoms with Crippen LogP contribution in [0.4, 0.5) is 0 Å². The first-order valence-electron chi connectivity index (χ1n) is 12.9. The largest absolute Gasteiger partial charge is 0.367 e. The molecule has 0 aromatic carbocycles. The Morgan fingerprint density at radius 1 is 1.19 bits per heavy atom. The van der Waals surface area contributed by atoms with E-state index in [0.29, 0.717) is 5.82 Å². The molecule has 3 rings (SSSR count). The Hall–Kier alpha value is -3.47. The highest BCUT2D eigenvalue weighted by atomic mass is 16.1. The molecule has 0 fully saturated rings. The molecule has 0 N–H and O–H groups in total. The summed E-state index contributed by atoms with van der Waals surface area (Å²) in [5.41, 5.74) is 9.11. The van der Waals surface area contributed by atoms with Crippen LogP contribution in [0.15, 0.2) is 70.3 Å². The zero-order valence-corrected chi connectivity index (χ0v) is 22.9.